The molecular weight excluding hydrogens is 248 g/mol. The van der Waals surface area contributed by atoms with E-state index in [2.05, 4.69) is 10.5 Å². The molecule has 0 bridgehead atoms. The first-order chi connectivity index (χ1) is 9.04. The van der Waals surface area contributed by atoms with Gasteiger partial charge in [-0.25, -0.2) is 0 Å². The second-order valence-corrected chi connectivity index (χ2v) is 4.17. The summed E-state index contributed by atoms with van der Waals surface area (Å²) in [6.07, 6.45) is 3.47. The third kappa shape index (κ3) is 4.82. The summed E-state index contributed by atoms with van der Waals surface area (Å²) in [5, 5.41) is 13.9. The maximum atomic E-state index is 11.7. The average Bonchev–Trinajstić information content (AvgIpc) is 2.40. The summed E-state index contributed by atoms with van der Waals surface area (Å²) in [7, 11) is 1.62. The van der Waals surface area contributed by atoms with E-state index >= 15 is 0 Å². The number of carbonyl (C=O) groups is 1. The van der Waals surface area contributed by atoms with Gasteiger partial charge in [0, 0.05) is 37.8 Å². The molecule has 1 rings (SSSR count). The summed E-state index contributed by atoms with van der Waals surface area (Å²) in [6, 6.07) is 2.89. The minimum Gasteiger partial charge on any atom is -0.409 e. The molecule has 0 fully saturated rings. The van der Waals surface area contributed by atoms with Crippen LogP contribution in [-0.2, 0) is 7.05 Å². The largest absolute Gasteiger partial charge is 0.409 e. The number of pyridine rings is 1. The van der Waals surface area contributed by atoms with Crippen molar-refractivity contribution >= 4 is 11.7 Å². The highest BCUT2D eigenvalue weighted by Gasteiger charge is 2.05. The molecule has 0 aliphatic rings. The Morgan fingerprint density at radius 3 is 2.89 bits per heavy atom. The monoisotopic (exact) mass is 266 g/mol. The predicted molar refractivity (Wildman–Crippen MR) is 71.3 cm³/mol. The van der Waals surface area contributed by atoms with Gasteiger partial charge in [0.2, 0.25) is 0 Å². The van der Waals surface area contributed by atoms with Crippen molar-refractivity contribution < 1.29 is 10.0 Å². The number of aromatic nitrogens is 1. The molecule has 0 radical (unpaired) electrons. The van der Waals surface area contributed by atoms with Gasteiger partial charge < -0.3 is 20.8 Å². The maximum Gasteiger partial charge on any atom is 0.251 e. The van der Waals surface area contributed by atoms with Crippen molar-refractivity contribution in [2.75, 3.05) is 6.54 Å². The Balaban J connectivity index is 2.35. The Labute approximate surface area is 110 Å². The highest BCUT2D eigenvalue weighted by atomic mass is 16.4. The molecule has 7 heteroatoms. The van der Waals surface area contributed by atoms with Crippen LogP contribution in [0.2, 0.25) is 0 Å². The zero-order valence-electron chi connectivity index (χ0n) is 10.8. The third-order valence-electron chi connectivity index (χ3n) is 2.64. The molecular formula is C12H18N4O3. The lowest BCUT2D eigenvalue weighted by Gasteiger charge is -2.05. The quantitative estimate of drug-likeness (QED) is 0.222. The van der Waals surface area contributed by atoms with Crippen molar-refractivity contribution in [3.05, 3.63) is 34.2 Å². The molecule has 0 saturated carbocycles. The van der Waals surface area contributed by atoms with Crippen LogP contribution in [0.25, 0.3) is 0 Å². The fraction of sp³-hybridized carbons (Fsp3) is 0.417. The second-order valence-electron chi connectivity index (χ2n) is 4.17. The minimum absolute atomic E-state index is 0.179. The van der Waals surface area contributed by atoms with Crippen LogP contribution in [0.15, 0.2) is 28.3 Å². The van der Waals surface area contributed by atoms with Crippen LogP contribution >= 0.6 is 0 Å². The number of nitrogens with zero attached hydrogens (tertiary/aromatic N) is 2. The lowest BCUT2D eigenvalue weighted by atomic mass is 10.2. The normalized spacial score (nSPS) is 11.3. The lowest BCUT2D eigenvalue weighted by Crippen LogP contribution is -2.27. The highest BCUT2D eigenvalue weighted by Crippen LogP contribution is 1.97. The SMILES string of the molecule is Cn1ccc(C(=O)NCCCC/C(N)=N/O)cc1=O. The molecule has 1 heterocycles. The van der Waals surface area contributed by atoms with Gasteiger partial charge >= 0.3 is 0 Å². The van der Waals surface area contributed by atoms with Gasteiger partial charge in [-0.05, 0) is 18.9 Å². The summed E-state index contributed by atoms with van der Waals surface area (Å²) >= 11 is 0. The van der Waals surface area contributed by atoms with Crippen LogP contribution in [0, 0.1) is 0 Å². The van der Waals surface area contributed by atoms with Crippen LogP contribution in [-0.4, -0.2) is 28.1 Å². The van der Waals surface area contributed by atoms with E-state index in [4.69, 9.17) is 10.9 Å². The van der Waals surface area contributed by atoms with Gasteiger partial charge in [-0.2, -0.15) is 0 Å². The van der Waals surface area contributed by atoms with Crippen LogP contribution in [0.3, 0.4) is 0 Å². The fourth-order valence-electron chi connectivity index (χ4n) is 1.47. The van der Waals surface area contributed by atoms with E-state index in [9.17, 15) is 9.59 Å². The molecule has 0 aliphatic carbocycles. The summed E-state index contributed by atoms with van der Waals surface area (Å²) in [5.74, 6) is -0.0978. The Morgan fingerprint density at radius 1 is 1.53 bits per heavy atom. The van der Waals surface area contributed by atoms with E-state index in [0.29, 0.717) is 31.4 Å². The fourth-order valence-corrected chi connectivity index (χ4v) is 1.47. The molecule has 1 amide bonds. The Hall–Kier alpha value is -2.31. The number of amides is 1. The van der Waals surface area contributed by atoms with E-state index in [1.54, 1.807) is 19.3 Å². The van der Waals surface area contributed by atoms with Gasteiger partial charge in [0.25, 0.3) is 11.5 Å². The summed E-state index contributed by atoms with van der Waals surface area (Å²) in [6.45, 7) is 0.479. The van der Waals surface area contributed by atoms with E-state index in [-0.39, 0.29) is 17.3 Å². The molecule has 0 aliphatic heterocycles. The molecule has 4 N–H and O–H groups in total. The van der Waals surface area contributed by atoms with Crippen molar-refractivity contribution in [1.29, 1.82) is 0 Å². The zero-order valence-corrected chi connectivity index (χ0v) is 10.8. The first-order valence-electron chi connectivity index (χ1n) is 5.96. The number of unbranched alkanes of at least 4 members (excludes halogenated alkanes) is 1. The number of hydrogen-bond donors (Lipinski definition) is 3. The first kappa shape index (κ1) is 14.7. The maximum absolute atomic E-state index is 11.7. The van der Waals surface area contributed by atoms with Gasteiger partial charge in [-0.1, -0.05) is 5.16 Å². The summed E-state index contributed by atoms with van der Waals surface area (Å²) in [5.41, 5.74) is 5.44. The van der Waals surface area contributed by atoms with Crippen molar-refractivity contribution in [2.45, 2.75) is 19.3 Å². The lowest BCUT2D eigenvalue weighted by molar-refractivity contribution is 0.0952. The molecule has 0 aromatic carbocycles. The number of oxime groups is 1. The second kappa shape index (κ2) is 7.20. The number of nitrogens with one attached hydrogen (secondary N) is 1. The van der Waals surface area contributed by atoms with E-state index in [1.165, 1.54) is 10.6 Å². The van der Waals surface area contributed by atoms with Crippen molar-refractivity contribution in [2.24, 2.45) is 17.9 Å². The van der Waals surface area contributed by atoms with Gasteiger partial charge in [-0.3, -0.25) is 9.59 Å². The molecule has 1 aromatic heterocycles. The van der Waals surface area contributed by atoms with Crippen molar-refractivity contribution in [1.82, 2.24) is 9.88 Å². The molecule has 0 saturated heterocycles. The minimum atomic E-state index is -0.276. The van der Waals surface area contributed by atoms with E-state index in [0.717, 1.165) is 0 Å². The topological polar surface area (TPSA) is 110 Å². The van der Waals surface area contributed by atoms with Gasteiger partial charge in [0.15, 0.2) is 0 Å². The number of hydrogen-bond acceptors (Lipinski definition) is 4. The zero-order chi connectivity index (χ0) is 14.3. The first-order valence-corrected chi connectivity index (χ1v) is 5.96. The van der Waals surface area contributed by atoms with Crippen LogP contribution < -0.4 is 16.6 Å². The summed E-state index contributed by atoms with van der Waals surface area (Å²) in [4.78, 5) is 23.1. The van der Waals surface area contributed by atoms with Crippen LogP contribution in [0.5, 0.6) is 0 Å². The van der Waals surface area contributed by atoms with Crippen LogP contribution in [0.1, 0.15) is 29.6 Å². The van der Waals surface area contributed by atoms with Crippen molar-refractivity contribution in [3.8, 4) is 0 Å². The number of carbonyl (C=O) groups excluding carboxylic acids is 1. The molecule has 104 valence electrons. The smallest absolute Gasteiger partial charge is 0.251 e. The average molecular weight is 266 g/mol. The third-order valence-corrected chi connectivity index (χ3v) is 2.64. The Morgan fingerprint density at radius 2 is 2.26 bits per heavy atom. The van der Waals surface area contributed by atoms with Gasteiger partial charge in [-0.15, -0.1) is 0 Å². The van der Waals surface area contributed by atoms with E-state index < -0.39 is 0 Å². The van der Waals surface area contributed by atoms with Crippen LogP contribution in [0.4, 0.5) is 0 Å². The molecule has 19 heavy (non-hydrogen) atoms. The number of aryl methyl sites for hydroxylation is 1. The molecule has 0 spiro atoms. The summed E-state index contributed by atoms with van der Waals surface area (Å²) < 4.78 is 1.40. The molecule has 1 aromatic rings. The molecule has 7 nitrogen and oxygen atoms in total. The van der Waals surface area contributed by atoms with Crippen molar-refractivity contribution in [3.63, 3.8) is 0 Å². The Kier molecular flexibility index (Phi) is 5.59. The number of nitrogens with two attached hydrogens (primary N) is 1. The number of amidine groups is 1. The molecule has 0 atom stereocenters. The predicted octanol–water partition coefficient (Wildman–Crippen LogP) is 0.0318. The standard InChI is InChI=1S/C12H18N4O3/c1-16-7-5-9(8-11(16)17)12(18)14-6-3-2-4-10(13)15-19/h5,7-8,19H,2-4,6H2,1H3,(H2,13,15)(H,14,18). The van der Waals surface area contributed by atoms with E-state index in [1.807, 2.05) is 0 Å². The Bertz CT molecular complexity index is 522. The highest BCUT2D eigenvalue weighted by molar-refractivity contribution is 5.93. The van der Waals surface area contributed by atoms with Gasteiger partial charge in [0.1, 0.15) is 5.84 Å². The van der Waals surface area contributed by atoms with Gasteiger partial charge in [0.05, 0.1) is 0 Å². The molecule has 0 unspecified atom stereocenters. The number of rotatable bonds is 6.